The van der Waals surface area contributed by atoms with Gasteiger partial charge in [-0.2, -0.15) is 0 Å². The van der Waals surface area contributed by atoms with Gasteiger partial charge in [-0.25, -0.2) is 0 Å². The van der Waals surface area contributed by atoms with Crippen molar-refractivity contribution >= 4 is 11.6 Å². The maximum Gasteiger partial charge on any atom is 0.267 e. The van der Waals surface area contributed by atoms with Crippen LogP contribution in [0.5, 0.6) is 5.75 Å². The first kappa shape index (κ1) is 12.4. The van der Waals surface area contributed by atoms with Crippen molar-refractivity contribution in [2.24, 2.45) is 0 Å². The van der Waals surface area contributed by atoms with Crippen LogP contribution in [0.3, 0.4) is 0 Å². The van der Waals surface area contributed by atoms with Gasteiger partial charge < -0.3 is 14.4 Å². The Hall–Kier alpha value is -1.59. The van der Waals surface area contributed by atoms with Crippen molar-refractivity contribution < 1.29 is 14.3 Å². The van der Waals surface area contributed by atoms with E-state index in [4.69, 9.17) is 9.47 Å². The van der Waals surface area contributed by atoms with Gasteiger partial charge in [0.15, 0.2) is 6.10 Å². The molecule has 0 saturated carbocycles. The Morgan fingerprint density at radius 3 is 2.84 bits per heavy atom. The first-order valence-electron chi connectivity index (χ1n) is 6.53. The maximum atomic E-state index is 11.9. The molecule has 3 rings (SSSR count). The number of hydrogen-bond donors (Lipinski definition) is 1. The van der Waals surface area contributed by atoms with Gasteiger partial charge in [0, 0.05) is 13.6 Å². The largest absolute Gasteiger partial charge is 0.479 e. The normalized spacial score (nSPS) is 30.2. The lowest BCUT2D eigenvalue weighted by Gasteiger charge is -2.30. The minimum atomic E-state index is -0.423. The third kappa shape index (κ3) is 2.09. The van der Waals surface area contributed by atoms with Crippen LogP contribution < -0.4 is 15.0 Å². The average Bonchev–Trinajstić information content (AvgIpc) is 2.83. The number of anilines is 1. The standard InChI is InChI=1S/C14H18N2O3/c1-8-14(17)16(3)11-6-10(4-5-12(11)18-8)13-7-15-9(2)19-13/h4-6,8-9,13,15H,7H2,1-3H3. The van der Waals surface area contributed by atoms with Gasteiger partial charge in [0.2, 0.25) is 0 Å². The van der Waals surface area contributed by atoms with E-state index in [9.17, 15) is 4.79 Å². The van der Waals surface area contributed by atoms with Crippen LogP contribution in [0.4, 0.5) is 5.69 Å². The first-order valence-corrected chi connectivity index (χ1v) is 6.53. The lowest BCUT2D eigenvalue weighted by Crippen LogP contribution is -2.42. The van der Waals surface area contributed by atoms with E-state index in [1.54, 1.807) is 18.9 Å². The van der Waals surface area contributed by atoms with Crippen LogP contribution in [0.1, 0.15) is 25.5 Å². The van der Waals surface area contributed by atoms with Crippen LogP contribution in [0, 0.1) is 0 Å². The number of benzene rings is 1. The number of nitrogens with one attached hydrogen (secondary N) is 1. The molecule has 19 heavy (non-hydrogen) atoms. The van der Waals surface area contributed by atoms with Crippen molar-refractivity contribution in [3.63, 3.8) is 0 Å². The Morgan fingerprint density at radius 1 is 1.37 bits per heavy atom. The number of fused-ring (bicyclic) bond motifs is 1. The van der Waals surface area contributed by atoms with Crippen molar-refractivity contribution in [3.8, 4) is 5.75 Å². The van der Waals surface area contributed by atoms with Crippen molar-refractivity contribution in [2.45, 2.75) is 32.3 Å². The quantitative estimate of drug-likeness (QED) is 0.832. The lowest BCUT2D eigenvalue weighted by molar-refractivity contribution is -0.125. The number of ether oxygens (including phenoxy) is 2. The summed E-state index contributed by atoms with van der Waals surface area (Å²) in [5.74, 6) is 0.723. The van der Waals surface area contributed by atoms with Gasteiger partial charge in [0.25, 0.3) is 5.91 Å². The fourth-order valence-electron chi connectivity index (χ4n) is 2.54. The van der Waals surface area contributed by atoms with Crippen molar-refractivity contribution in [1.29, 1.82) is 0 Å². The van der Waals surface area contributed by atoms with Crippen LogP contribution >= 0.6 is 0 Å². The number of carbonyl (C=O) groups is 1. The van der Waals surface area contributed by atoms with E-state index >= 15 is 0 Å². The van der Waals surface area contributed by atoms with E-state index in [2.05, 4.69) is 5.32 Å². The number of carbonyl (C=O) groups excluding carboxylic acids is 1. The molecule has 1 saturated heterocycles. The van der Waals surface area contributed by atoms with Gasteiger partial charge in [-0.05, 0) is 31.5 Å². The number of rotatable bonds is 1. The fraction of sp³-hybridized carbons (Fsp3) is 0.500. The summed E-state index contributed by atoms with van der Waals surface area (Å²) in [6, 6.07) is 5.89. The monoisotopic (exact) mass is 262 g/mol. The molecule has 2 heterocycles. The second-order valence-electron chi connectivity index (χ2n) is 5.06. The number of nitrogens with zero attached hydrogens (tertiary/aromatic N) is 1. The number of likely N-dealkylation sites (N-methyl/N-ethyl adjacent to an activating group) is 1. The molecule has 1 amide bonds. The highest BCUT2D eigenvalue weighted by atomic mass is 16.5. The molecular formula is C14H18N2O3. The summed E-state index contributed by atoms with van der Waals surface area (Å²) in [5.41, 5.74) is 1.87. The molecule has 1 fully saturated rings. The SMILES string of the molecule is CC1NCC(c2ccc3c(c2)N(C)C(=O)C(C)O3)O1. The van der Waals surface area contributed by atoms with Crippen LogP contribution in [-0.2, 0) is 9.53 Å². The molecule has 0 aromatic heterocycles. The van der Waals surface area contributed by atoms with Crippen molar-refractivity contribution in [1.82, 2.24) is 5.32 Å². The molecule has 1 N–H and O–H groups in total. The van der Waals surface area contributed by atoms with Gasteiger partial charge in [0.1, 0.15) is 12.0 Å². The van der Waals surface area contributed by atoms with E-state index in [-0.39, 0.29) is 18.2 Å². The number of amides is 1. The molecule has 5 nitrogen and oxygen atoms in total. The Labute approximate surface area is 112 Å². The summed E-state index contributed by atoms with van der Waals surface area (Å²) in [5, 5.41) is 3.24. The first-order chi connectivity index (χ1) is 9.06. The smallest absolute Gasteiger partial charge is 0.267 e. The Morgan fingerprint density at radius 2 is 2.16 bits per heavy atom. The molecule has 2 aliphatic heterocycles. The summed E-state index contributed by atoms with van der Waals surface area (Å²) < 4.78 is 11.4. The third-order valence-electron chi connectivity index (χ3n) is 3.66. The Kier molecular flexibility index (Phi) is 2.95. The van der Waals surface area contributed by atoms with E-state index in [0.29, 0.717) is 0 Å². The molecular weight excluding hydrogens is 244 g/mol. The van der Waals surface area contributed by atoms with E-state index in [1.807, 2.05) is 25.1 Å². The molecule has 102 valence electrons. The van der Waals surface area contributed by atoms with Crippen LogP contribution in [-0.4, -0.2) is 31.8 Å². The topological polar surface area (TPSA) is 50.8 Å². The third-order valence-corrected chi connectivity index (χ3v) is 3.66. The molecule has 1 aromatic rings. The second kappa shape index (κ2) is 4.51. The summed E-state index contributed by atoms with van der Waals surface area (Å²) >= 11 is 0. The Bertz CT molecular complexity index is 517. The Balaban J connectivity index is 1.93. The van der Waals surface area contributed by atoms with Crippen molar-refractivity contribution in [2.75, 3.05) is 18.5 Å². The maximum absolute atomic E-state index is 11.9. The molecule has 3 unspecified atom stereocenters. The molecule has 1 aromatic carbocycles. The molecule has 0 aliphatic carbocycles. The summed E-state index contributed by atoms with van der Waals surface area (Å²) in [4.78, 5) is 13.6. The zero-order valence-electron chi connectivity index (χ0n) is 11.3. The average molecular weight is 262 g/mol. The fourth-order valence-corrected chi connectivity index (χ4v) is 2.54. The van der Waals surface area contributed by atoms with Gasteiger partial charge in [-0.3, -0.25) is 10.1 Å². The molecule has 0 bridgehead atoms. The van der Waals surface area contributed by atoms with E-state index in [1.165, 1.54) is 0 Å². The van der Waals surface area contributed by atoms with Crippen LogP contribution in [0.15, 0.2) is 18.2 Å². The predicted molar refractivity (Wildman–Crippen MR) is 71.2 cm³/mol. The molecule has 0 radical (unpaired) electrons. The predicted octanol–water partition coefficient (Wildman–Crippen LogP) is 1.44. The molecule has 0 spiro atoms. The van der Waals surface area contributed by atoms with Gasteiger partial charge in [-0.1, -0.05) is 6.07 Å². The lowest BCUT2D eigenvalue weighted by atomic mass is 10.1. The highest BCUT2D eigenvalue weighted by molar-refractivity contribution is 5.99. The van der Waals surface area contributed by atoms with Gasteiger partial charge in [-0.15, -0.1) is 0 Å². The number of hydrogen-bond acceptors (Lipinski definition) is 4. The minimum absolute atomic E-state index is 0.0246. The van der Waals surface area contributed by atoms with E-state index in [0.717, 1.165) is 23.5 Å². The minimum Gasteiger partial charge on any atom is -0.479 e. The molecule has 2 aliphatic rings. The van der Waals surface area contributed by atoms with Gasteiger partial charge >= 0.3 is 0 Å². The summed E-state index contributed by atoms with van der Waals surface area (Å²) in [6.45, 7) is 4.54. The van der Waals surface area contributed by atoms with Gasteiger partial charge in [0.05, 0.1) is 11.8 Å². The summed E-state index contributed by atoms with van der Waals surface area (Å²) in [6.07, 6.45) is -0.326. The van der Waals surface area contributed by atoms with E-state index < -0.39 is 6.10 Å². The second-order valence-corrected chi connectivity index (χ2v) is 5.06. The zero-order valence-corrected chi connectivity index (χ0v) is 11.3. The van der Waals surface area contributed by atoms with Crippen LogP contribution in [0.25, 0.3) is 0 Å². The highest BCUT2D eigenvalue weighted by Crippen LogP contribution is 2.36. The zero-order chi connectivity index (χ0) is 13.6. The summed E-state index contributed by atoms with van der Waals surface area (Å²) in [7, 11) is 1.78. The molecule has 3 atom stereocenters. The highest BCUT2D eigenvalue weighted by Gasteiger charge is 2.30. The molecule has 5 heteroatoms. The van der Waals surface area contributed by atoms with Crippen LogP contribution in [0.2, 0.25) is 0 Å². The van der Waals surface area contributed by atoms with Crippen molar-refractivity contribution in [3.05, 3.63) is 23.8 Å².